The van der Waals surface area contributed by atoms with Crippen molar-refractivity contribution in [3.63, 3.8) is 0 Å². The van der Waals surface area contributed by atoms with Crippen LogP contribution in [0.25, 0.3) is 0 Å². The van der Waals surface area contributed by atoms with Crippen LogP contribution in [0.3, 0.4) is 0 Å². The molecule has 98 valence electrons. The second-order valence-electron chi connectivity index (χ2n) is 5.83. The van der Waals surface area contributed by atoms with Gasteiger partial charge in [0, 0.05) is 19.5 Å². The Labute approximate surface area is 103 Å². The number of rotatable bonds is 3. The minimum Gasteiger partial charge on any atom is -0.350 e. The first-order chi connectivity index (χ1) is 7.96. The molecule has 2 aliphatic rings. The number of unbranched alkanes of at least 4 members (excludes halogenated alkanes) is 1. The average Bonchev–Trinajstić information content (AvgIpc) is 2.23. The summed E-state index contributed by atoms with van der Waals surface area (Å²) in [5.41, 5.74) is 0.0669. The van der Waals surface area contributed by atoms with E-state index in [2.05, 4.69) is 6.92 Å². The molecule has 0 radical (unpaired) electrons. The maximum atomic E-state index is 11.8. The zero-order valence-corrected chi connectivity index (χ0v) is 11.1. The molecule has 0 bridgehead atoms. The second-order valence-corrected chi connectivity index (χ2v) is 5.83. The first kappa shape index (κ1) is 12.8. The Kier molecular flexibility index (Phi) is 3.46. The number of likely N-dealkylation sites (tertiary alicyclic amines) is 1. The van der Waals surface area contributed by atoms with E-state index in [4.69, 9.17) is 9.47 Å². The van der Waals surface area contributed by atoms with Gasteiger partial charge in [0.25, 0.3) is 0 Å². The predicted molar refractivity (Wildman–Crippen MR) is 64.5 cm³/mol. The minimum absolute atomic E-state index is 0.0669. The van der Waals surface area contributed by atoms with Gasteiger partial charge in [-0.15, -0.1) is 0 Å². The van der Waals surface area contributed by atoms with E-state index in [1.54, 1.807) is 0 Å². The molecule has 2 aliphatic heterocycles. The zero-order valence-electron chi connectivity index (χ0n) is 11.1. The first-order valence-corrected chi connectivity index (χ1v) is 6.52. The lowest BCUT2D eigenvalue weighted by Gasteiger charge is -2.54. The molecular formula is C13H23NO3. The molecule has 1 spiro atoms. The Morgan fingerprint density at radius 2 is 1.82 bits per heavy atom. The van der Waals surface area contributed by atoms with Crippen molar-refractivity contribution >= 4 is 5.91 Å². The van der Waals surface area contributed by atoms with Gasteiger partial charge in [0.05, 0.1) is 18.6 Å². The molecule has 0 N–H and O–H groups in total. The maximum Gasteiger partial charge on any atom is 0.222 e. The Bertz CT molecular complexity index is 283. The lowest BCUT2D eigenvalue weighted by molar-refractivity contribution is -0.302. The summed E-state index contributed by atoms with van der Waals surface area (Å²) < 4.78 is 11.3. The number of nitrogens with zero attached hydrogens (tertiary/aromatic N) is 1. The quantitative estimate of drug-likeness (QED) is 0.756. The van der Waals surface area contributed by atoms with Crippen molar-refractivity contribution in [2.24, 2.45) is 5.41 Å². The van der Waals surface area contributed by atoms with Gasteiger partial charge in [0.1, 0.15) is 0 Å². The molecule has 0 aliphatic carbocycles. The number of hydrogen-bond acceptors (Lipinski definition) is 3. The lowest BCUT2D eigenvalue weighted by Crippen LogP contribution is -2.65. The van der Waals surface area contributed by atoms with Crippen molar-refractivity contribution in [3.05, 3.63) is 0 Å². The molecule has 0 saturated carbocycles. The van der Waals surface area contributed by atoms with Gasteiger partial charge in [-0.05, 0) is 20.3 Å². The number of ether oxygens (including phenoxy) is 2. The molecule has 0 atom stereocenters. The van der Waals surface area contributed by atoms with Crippen molar-refractivity contribution in [3.8, 4) is 0 Å². The van der Waals surface area contributed by atoms with Crippen LogP contribution in [0.4, 0.5) is 0 Å². The van der Waals surface area contributed by atoms with Crippen LogP contribution in [-0.4, -0.2) is 42.9 Å². The Hall–Kier alpha value is -0.610. The fraction of sp³-hybridized carbons (Fsp3) is 0.923. The Balaban J connectivity index is 1.77. The summed E-state index contributed by atoms with van der Waals surface area (Å²) in [4.78, 5) is 13.7. The number of carbonyl (C=O) groups is 1. The number of carbonyl (C=O) groups excluding carboxylic acids is 1. The molecule has 2 rings (SSSR count). The van der Waals surface area contributed by atoms with E-state index in [1.165, 1.54) is 0 Å². The SMILES string of the molecule is CCCCC(=O)N1CC2(COC(C)(C)OC2)C1. The molecule has 0 aromatic heterocycles. The molecule has 2 saturated heterocycles. The first-order valence-electron chi connectivity index (χ1n) is 6.52. The number of hydrogen-bond donors (Lipinski definition) is 0. The molecule has 2 fully saturated rings. The van der Waals surface area contributed by atoms with Crippen LogP contribution in [0.15, 0.2) is 0 Å². The van der Waals surface area contributed by atoms with E-state index in [0.717, 1.165) is 25.9 Å². The van der Waals surface area contributed by atoms with Crippen LogP contribution in [0, 0.1) is 5.41 Å². The fourth-order valence-corrected chi connectivity index (χ4v) is 2.35. The maximum absolute atomic E-state index is 11.8. The van der Waals surface area contributed by atoms with Crippen molar-refractivity contribution in [1.82, 2.24) is 4.90 Å². The lowest BCUT2D eigenvalue weighted by atomic mass is 9.80. The molecule has 2 heterocycles. The molecular weight excluding hydrogens is 218 g/mol. The molecule has 1 amide bonds. The van der Waals surface area contributed by atoms with Crippen LogP contribution in [-0.2, 0) is 14.3 Å². The van der Waals surface area contributed by atoms with Crippen LogP contribution >= 0.6 is 0 Å². The van der Waals surface area contributed by atoms with Gasteiger partial charge in [0.2, 0.25) is 5.91 Å². The van der Waals surface area contributed by atoms with Crippen molar-refractivity contribution in [2.75, 3.05) is 26.3 Å². The van der Waals surface area contributed by atoms with E-state index in [-0.39, 0.29) is 11.3 Å². The Morgan fingerprint density at radius 1 is 1.24 bits per heavy atom. The van der Waals surface area contributed by atoms with E-state index >= 15 is 0 Å². The van der Waals surface area contributed by atoms with Crippen molar-refractivity contribution in [2.45, 2.75) is 45.8 Å². The fourth-order valence-electron chi connectivity index (χ4n) is 2.35. The van der Waals surface area contributed by atoms with Gasteiger partial charge >= 0.3 is 0 Å². The van der Waals surface area contributed by atoms with Gasteiger partial charge < -0.3 is 14.4 Å². The van der Waals surface area contributed by atoms with E-state index in [0.29, 0.717) is 19.6 Å². The van der Waals surface area contributed by atoms with Gasteiger partial charge in [-0.25, -0.2) is 0 Å². The molecule has 0 aromatic rings. The van der Waals surface area contributed by atoms with E-state index < -0.39 is 5.79 Å². The third-order valence-electron chi connectivity index (χ3n) is 3.60. The van der Waals surface area contributed by atoms with Gasteiger partial charge in [-0.1, -0.05) is 13.3 Å². The van der Waals surface area contributed by atoms with Crippen LogP contribution in [0.5, 0.6) is 0 Å². The van der Waals surface area contributed by atoms with Crippen LogP contribution in [0.2, 0.25) is 0 Å². The van der Waals surface area contributed by atoms with Crippen LogP contribution < -0.4 is 0 Å². The summed E-state index contributed by atoms with van der Waals surface area (Å²) in [5.74, 6) is -0.181. The predicted octanol–water partition coefficient (Wildman–Crippen LogP) is 1.79. The van der Waals surface area contributed by atoms with Crippen molar-refractivity contribution in [1.29, 1.82) is 0 Å². The Morgan fingerprint density at radius 3 is 2.35 bits per heavy atom. The smallest absolute Gasteiger partial charge is 0.222 e. The second kappa shape index (κ2) is 4.58. The third-order valence-corrected chi connectivity index (χ3v) is 3.60. The third kappa shape index (κ3) is 2.80. The summed E-state index contributed by atoms with van der Waals surface area (Å²) in [7, 11) is 0. The number of amides is 1. The summed E-state index contributed by atoms with van der Waals surface area (Å²) in [6, 6.07) is 0. The highest BCUT2D eigenvalue weighted by Gasteiger charge is 2.49. The van der Waals surface area contributed by atoms with Crippen molar-refractivity contribution < 1.29 is 14.3 Å². The normalized spacial score (nSPS) is 25.7. The summed E-state index contributed by atoms with van der Waals surface area (Å²) >= 11 is 0. The molecule has 0 unspecified atom stereocenters. The summed E-state index contributed by atoms with van der Waals surface area (Å²) in [6.07, 6.45) is 2.74. The molecule has 0 aromatic carbocycles. The summed E-state index contributed by atoms with van der Waals surface area (Å²) in [6.45, 7) is 8.98. The average molecular weight is 241 g/mol. The molecule has 17 heavy (non-hydrogen) atoms. The highest BCUT2D eigenvalue weighted by atomic mass is 16.7. The highest BCUT2D eigenvalue weighted by molar-refractivity contribution is 5.77. The monoisotopic (exact) mass is 241 g/mol. The van der Waals surface area contributed by atoms with E-state index in [9.17, 15) is 4.79 Å². The standard InChI is InChI=1S/C13H23NO3/c1-4-5-6-11(15)14-7-13(8-14)9-16-12(2,3)17-10-13/h4-10H2,1-3H3. The minimum atomic E-state index is -0.460. The van der Waals surface area contributed by atoms with Gasteiger partial charge in [-0.2, -0.15) is 0 Å². The summed E-state index contributed by atoms with van der Waals surface area (Å²) in [5, 5.41) is 0. The molecule has 4 heteroatoms. The van der Waals surface area contributed by atoms with Gasteiger partial charge in [0.15, 0.2) is 5.79 Å². The topological polar surface area (TPSA) is 38.8 Å². The zero-order chi connectivity index (χ0) is 12.5. The highest BCUT2D eigenvalue weighted by Crippen LogP contribution is 2.37. The van der Waals surface area contributed by atoms with Gasteiger partial charge in [-0.3, -0.25) is 4.79 Å². The largest absolute Gasteiger partial charge is 0.350 e. The van der Waals surface area contributed by atoms with Crippen LogP contribution in [0.1, 0.15) is 40.0 Å². The molecule has 4 nitrogen and oxygen atoms in total. The van der Waals surface area contributed by atoms with E-state index in [1.807, 2.05) is 18.7 Å².